The molecule has 266 valence electrons. The van der Waals surface area contributed by atoms with Gasteiger partial charge in [0, 0.05) is 0 Å². The lowest BCUT2D eigenvalue weighted by molar-refractivity contribution is 1.61. The van der Waals surface area contributed by atoms with Crippen molar-refractivity contribution in [1.29, 1.82) is 0 Å². The van der Waals surface area contributed by atoms with Crippen LogP contribution in [-0.2, 0) is 0 Å². The predicted molar refractivity (Wildman–Crippen MR) is 251 cm³/mol. The molecule has 0 saturated heterocycles. The van der Waals surface area contributed by atoms with Gasteiger partial charge in [-0.25, -0.2) is 0 Å². The van der Waals surface area contributed by atoms with Gasteiger partial charge in [-0.2, -0.15) is 0 Å². The molecule has 0 atom stereocenters. The molecule has 0 unspecified atom stereocenters. The van der Waals surface area contributed by atoms with E-state index in [1.165, 1.54) is 131 Å². The van der Waals surface area contributed by atoms with Crippen molar-refractivity contribution in [3.63, 3.8) is 0 Å². The van der Waals surface area contributed by atoms with Gasteiger partial charge in [0.25, 0.3) is 0 Å². The highest BCUT2D eigenvalue weighted by atomic mass is 14.2. The van der Waals surface area contributed by atoms with E-state index in [2.05, 4.69) is 206 Å². The Morgan fingerprint density at radius 2 is 0.517 bits per heavy atom. The molecule has 0 aliphatic carbocycles. The van der Waals surface area contributed by atoms with Gasteiger partial charge in [-0.05, 0) is 155 Å². The fourth-order valence-corrected chi connectivity index (χ4v) is 10.2. The van der Waals surface area contributed by atoms with E-state index in [-0.39, 0.29) is 0 Å². The second-order valence-corrected chi connectivity index (χ2v) is 16.0. The van der Waals surface area contributed by atoms with Crippen molar-refractivity contribution in [2.24, 2.45) is 0 Å². The van der Waals surface area contributed by atoms with Crippen molar-refractivity contribution in [2.45, 2.75) is 0 Å². The molecule has 0 amide bonds. The average Bonchev–Trinajstić information content (AvgIpc) is 3.29. The van der Waals surface area contributed by atoms with E-state index in [1.54, 1.807) is 0 Å². The Hall–Kier alpha value is -7.54. The van der Waals surface area contributed by atoms with Crippen LogP contribution in [0.25, 0.3) is 131 Å². The fourth-order valence-electron chi connectivity index (χ4n) is 10.2. The molecule has 0 fully saturated rings. The Bertz CT molecular complexity index is 3490. The molecule has 13 aromatic rings. The molecule has 0 bridgehead atoms. The van der Waals surface area contributed by atoms with Crippen LogP contribution in [0.2, 0.25) is 0 Å². The van der Waals surface area contributed by atoms with Crippen molar-refractivity contribution >= 4 is 86.2 Å². The first-order valence-corrected chi connectivity index (χ1v) is 20.2. The van der Waals surface area contributed by atoms with Gasteiger partial charge in [0.1, 0.15) is 0 Å². The molecular weight excluding hydrogens is 697 g/mol. The highest BCUT2D eigenvalue weighted by Crippen LogP contribution is 2.45. The van der Waals surface area contributed by atoms with E-state index < -0.39 is 0 Å². The maximum atomic E-state index is 2.41. The van der Waals surface area contributed by atoms with Crippen LogP contribution in [0.15, 0.2) is 206 Å². The molecule has 0 heteroatoms. The summed E-state index contributed by atoms with van der Waals surface area (Å²) in [5.41, 5.74) is 9.94. The summed E-state index contributed by atoms with van der Waals surface area (Å²) in [6, 6.07) is 77.3. The summed E-state index contributed by atoms with van der Waals surface area (Å²) in [5.74, 6) is 0. The summed E-state index contributed by atoms with van der Waals surface area (Å²) in [6.45, 7) is 0. The molecule has 0 aromatic heterocycles. The topological polar surface area (TPSA) is 0 Å². The van der Waals surface area contributed by atoms with Crippen molar-refractivity contribution in [2.75, 3.05) is 0 Å². The average molecular weight is 731 g/mol. The van der Waals surface area contributed by atoms with Crippen LogP contribution < -0.4 is 0 Å². The number of rotatable bonds is 4. The minimum atomic E-state index is 1.21. The van der Waals surface area contributed by atoms with Crippen LogP contribution in [0.3, 0.4) is 0 Å². The predicted octanol–water partition coefficient (Wildman–Crippen LogP) is 16.5. The summed E-state index contributed by atoms with van der Waals surface area (Å²) in [7, 11) is 0. The molecule has 0 heterocycles. The normalized spacial score (nSPS) is 12.1. The van der Waals surface area contributed by atoms with Crippen molar-refractivity contribution in [3.8, 4) is 44.5 Å². The zero-order chi connectivity index (χ0) is 37.9. The zero-order valence-electron chi connectivity index (χ0n) is 31.6. The molecule has 58 heavy (non-hydrogen) atoms. The summed E-state index contributed by atoms with van der Waals surface area (Å²) in [5, 5.41) is 20.8. The lowest BCUT2D eigenvalue weighted by Gasteiger charge is -2.17. The molecule has 0 N–H and O–H groups in total. The second kappa shape index (κ2) is 12.0. The van der Waals surface area contributed by atoms with Crippen molar-refractivity contribution < 1.29 is 0 Å². The largest absolute Gasteiger partial charge is 0.0616 e. The lowest BCUT2D eigenvalue weighted by Crippen LogP contribution is -1.90. The second-order valence-electron chi connectivity index (χ2n) is 16.0. The molecule has 13 rings (SSSR count). The zero-order valence-corrected chi connectivity index (χ0v) is 31.6. The summed E-state index contributed by atoms with van der Waals surface area (Å²) in [6.07, 6.45) is 0. The SMILES string of the molecule is c1ccc2c(-c3ccc4ccc5cccc6ccc3c4c56)cc(-c3ccc(-c4cc(-c5ccc6ccc7cccc8ccc5c6c78)c5ccccc5c4)cc3)cc2c1. The lowest BCUT2D eigenvalue weighted by atomic mass is 9.86. The van der Waals surface area contributed by atoms with Crippen LogP contribution in [-0.4, -0.2) is 0 Å². The molecule has 0 aliphatic rings. The minimum absolute atomic E-state index is 1.21. The molecule has 0 aliphatic heterocycles. The van der Waals surface area contributed by atoms with Crippen molar-refractivity contribution in [3.05, 3.63) is 206 Å². The Labute approximate surface area is 335 Å². The molecular formula is C58H34. The van der Waals surface area contributed by atoms with E-state index in [0.29, 0.717) is 0 Å². The van der Waals surface area contributed by atoms with Crippen LogP contribution >= 0.6 is 0 Å². The van der Waals surface area contributed by atoms with Crippen LogP contribution in [0.1, 0.15) is 0 Å². The highest BCUT2D eigenvalue weighted by molar-refractivity contribution is 6.27. The highest BCUT2D eigenvalue weighted by Gasteiger charge is 2.17. The van der Waals surface area contributed by atoms with Crippen molar-refractivity contribution in [1.82, 2.24) is 0 Å². The fraction of sp³-hybridized carbons (Fsp3) is 0. The third-order valence-electron chi connectivity index (χ3n) is 12.9. The first-order valence-electron chi connectivity index (χ1n) is 20.2. The maximum absolute atomic E-state index is 2.41. The van der Waals surface area contributed by atoms with E-state index in [4.69, 9.17) is 0 Å². The van der Waals surface area contributed by atoms with E-state index in [0.717, 1.165) is 0 Å². The number of hydrogen-bond donors (Lipinski definition) is 0. The number of hydrogen-bond acceptors (Lipinski definition) is 0. The molecule has 0 nitrogen and oxygen atoms in total. The summed E-state index contributed by atoms with van der Waals surface area (Å²) >= 11 is 0. The maximum Gasteiger partial charge on any atom is -0.00206 e. The first-order chi connectivity index (χ1) is 28.7. The quantitative estimate of drug-likeness (QED) is 0.158. The van der Waals surface area contributed by atoms with Gasteiger partial charge in [-0.3, -0.25) is 0 Å². The summed E-state index contributed by atoms with van der Waals surface area (Å²) < 4.78 is 0. The van der Waals surface area contributed by atoms with Gasteiger partial charge in [-0.1, -0.05) is 182 Å². The number of benzene rings is 13. The van der Waals surface area contributed by atoms with Gasteiger partial charge >= 0.3 is 0 Å². The molecule has 0 radical (unpaired) electrons. The van der Waals surface area contributed by atoms with Crippen LogP contribution in [0.5, 0.6) is 0 Å². The van der Waals surface area contributed by atoms with Gasteiger partial charge in [-0.15, -0.1) is 0 Å². The minimum Gasteiger partial charge on any atom is -0.0616 e. The third-order valence-corrected chi connectivity index (χ3v) is 12.9. The Kier molecular flexibility index (Phi) is 6.54. The standard InChI is InChI=1S/C58H34/c1-3-13-47-43(7-1)31-45(33-53(47)49-27-23-41-21-19-37-9-5-11-39-25-29-51(49)57(41)55(37)39)35-15-17-36(18-16-35)46-32-44-8-2-4-14-48(44)54(34-46)50-28-24-42-22-20-38-10-6-12-40-26-30-52(50)58(42)56(38)40/h1-34H. The first kappa shape index (κ1) is 31.6. The molecule has 0 spiro atoms. The van der Waals surface area contributed by atoms with E-state index in [1.807, 2.05) is 0 Å². The van der Waals surface area contributed by atoms with Gasteiger partial charge in [0.2, 0.25) is 0 Å². The molecule has 13 aromatic carbocycles. The van der Waals surface area contributed by atoms with Crippen LogP contribution in [0, 0.1) is 0 Å². The molecule has 0 saturated carbocycles. The monoisotopic (exact) mass is 730 g/mol. The Morgan fingerprint density at radius 1 is 0.172 bits per heavy atom. The van der Waals surface area contributed by atoms with Crippen LogP contribution in [0.4, 0.5) is 0 Å². The van der Waals surface area contributed by atoms with E-state index in [9.17, 15) is 0 Å². The Morgan fingerprint density at radius 3 is 0.948 bits per heavy atom. The smallest absolute Gasteiger partial charge is 0.00206 e. The van der Waals surface area contributed by atoms with E-state index >= 15 is 0 Å². The number of fused-ring (bicyclic) bond motifs is 2. The van der Waals surface area contributed by atoms with Gasteiger partial charge in [0.05, 0.1) is 0 Å². The van der Waals surface area contributed by atoms with Gasteiger partial charge < -0.3 is 0 Å². The van der Waals surface area contributed by atoms with Gasteiger partial charge in [0.15, 0.2) is 0 Å². The third kappa shape index (κ3) is 4.58. The summed E-state index contributed by atoms with van der Waals surface area (Å²) in [4.78, 5) is 0. The Balaban J connectivity index is 0.956.